The van der Waals surface area contributed by atoms with E-state index in [9.17, 15) is 24.6 Å². The van der Waals surface area contributed by atoms with Gasteiger partial charge >= 0.3 is 18.0 Å². The van der Waals surface area contributed by atoms with Crippen molar-refractivity contribution >= 4 is 39.6 Å². The molecule has 0 saturated heterocycles. The largest absolute Gasteiger partial charge is 0.480 e. The molecule has 0 saturated carbocycles. The van der Waals surface area contributed by atoms with Gasteiger partial charge in [0, 0.05) is 6.54 Å². The van der Waals surface area contributed by atoms with E-state index in [0.717, 1.165) is 32.7 Å². The molecular formula is C32H36N4O5. The van der Waals surface area contributed by atoms with E-state index in [0.29, 0.717) is 6.42 Å². The highest BCUT2D eigenvalue weighted by Gasteiger charge is 2.28. The molecule has 4 aromatic carbocycles. The molecule has 4 rings (SSSR count). The molecule has 4 amide bonds. The van der Waals surface area contributed by atoms with E-state index in [1.165, 1.54) is 0 Å². The lowest BCUT2D eigenvalue weighted by Gasteiger charge is -2.23. The maximum atomic E-state index is 12.6. The van der Waals surface area contributed by atoms with Gasteiger partial charge in [-0.2, -0.15) is 0 Å². The second kappa shape index (κ2) is 13.6. The Bertz CT molecular complexity index is 1510. The van der Waals surface area contributed by atoms with Crippen molar-refractivity contribution < 1.29 is 24.6 Å². The lowest BCUT2D eigenvalue weighted by atomic mass is 10.00. The molecule has 9 heteroatoms. The van der Waals surface area contributed by atoms with Gasteiger partial charge in [0.1, 0.15) is 0 Å². The summed E-state index contributed by atoms with van der Waals surface area (Å²) >= 11 is 0. The van der Waals surface area contributed by atoms with Gasteiger partial charge in [-0.3, -0.25) is 0 Å². The number of carboxylic acid groups (broad SMARTS) is 1. The molecular weight excluding hydrogens is 520 g/mol. The number of carbonyl (C=O) groups excluding carboxylic acids is 2. The summed E-state index contributed by atoms with van der Waals surface area (Å²) in [6.07, 6.45) is -0.961. The Morgan fingerprint density at radius 1 is 0.683 bits per heavy atom. The van der Waals surface area contributed by atoms with Crippen LogP contribution >= 0.6 is 0 Å². The standard InChI is InChI=1S/C32H36N4O5/c1-20(24-16-7-12-22-10-3-5-14-26(22)24)34-31(40)33-19-9-18-28(37)29(30(38)39)36-32(41)35-21(2)25-17-8-13-23-11-4-6-15-27(23)25/h3-8,10-17,20-21,28-29,37H,9,18-19H2,1-2H3,(H,38,39)(H2,33,34,40)(H2,35,36,41)/t20-,21-,28-,29+/m1/s1. The lowest BCUT2D eigenvalue weighted by Crippen LogP contribution is -2.52. The molecule has 0 unspecified atom stereocenters. The molecule has 6 N–H and O–H groups in total. The average molecular weight is 557 g/mol. The van der Waals surface area contributed by atoms with E-state index in [1.54, 1.807) is 0 Å². The number of aliphatic hydroxyl groups is 1. The van der Waals surface area contributed by atoms with Crippen LogP contribution in [0.4, 0.5) is 9.59 Å². The Morgan fingerprint density at radius 3 is 1.71 bits per heavy atom. The molecule has 4 atom stereocenters. The van der Waals surface area contributed by atoms with Crippen LogP contribution in [0.3, 0.4) is 0 Å². The Balaban J connectivity index is 1.23. The summed E-state index contributed by atoms with van der Waals surface area (Å²) in [6.45, 7) is 3.94. The first kappa shape index (κ1) is 29.4. The summed E-state index contributed by atoms with van der Waals surface area (Å²) in [4.78, 5) is 36.9. The molecule has 0 fully saturated rings. The molecule has 0 bridgehead atoms. The van der Waals surface area contributed by atoms with Crippen LogP contribution in [0.5, 0.6) is 0 Å². The summed E-state index contributed by atoms with van der Waals surface area (Å²) in [5, 5.41) is 35.1. The quantitative estimate of drug-likeness (QED) is 0.144. The Kier molecular flexibility index (Phi) is 9.76. The minimum absolute atomic E-state index is 0.0648. The number of rotatable bonds is 11. The highest BCUT2D eigenvalue weighted by atomic mass is 16.4. The highest BCUT2D eigenvalue weighted by Crippen LogP contribution is 2.25. The summed E-state index contributed by atoms with van der Waals surface area (Å²) < 4.78 is 0. The van der Waals surface area contributed by atoms with Gasteiger partial charge in [-0.05, 0) is 59.4 Å². The second-order valence-corrected chi connectivity index (χ2v) is 10.1. The fraction of sp³-hybridized carbons (Fsp3) is 0.281. The maximum absolute atomic E-state index is 12.6. The van der Waals surface area contributed by atoms with Crippen LogP contribution in [0.1, 0.15) is 49.9 Å². The number of urea groups is 2. The number of hydrogen-bond acceptors (Lipinski definition) is 4. The topological polar surface area (TPSA) is 140 Å². The zero-order chi connectivity index (χ0) is 29.4. The molecule has 9 nitrogen and oxygen atoms in total. The number of fused-ring (bicyclic) bond motifs is 2. The first-order valence-corrected chi connectivity index (χ1v) is 13.7. The molecule has 0 spiro atoms. The fourth-order valence-electron chi connectivity index (χ4n) is 5.04. The molecule has 0 radical (unpaired) electrons. The number of carboxylic acids is 1. The molecule has 0 heterocycles. The van der Waals surface area contributed by atoms with Gasteiger partial charge in [-0.15, -0.1) is 0 Å². The second-order valence-electron chi connectivity index (χ2n) is 10.1. The molecule has 41 heavy (non-hydrogen) atoms. The average Bonchev–Trinajstić information content (AvgIpc) is 2.97. The van der Waals surface area contributed by atoms with Crippen LogP contribution in [0, 0.1) is 0 Å². The molecule has 4 aromatic rings. The van der Waals surface area contributed by atoms with E-state index >= 15 is 0 Å². The van der Waals surface area contributed by atoms with Crippen molar-refractivity contribution in [3.8, 4) is 0 Å². The molecule has 0 aliphatic carbocycles. The van der Waals surface area contributed by atoms with Crippen LogP contribution in [0.2, 0.25) is 0 Å². The van der Waals surface area contributed by atoms with Crippen molar-refractivity contribution in [3.63, 3.8) is 0 Å². The Hall–Kier alpha value is -4.63. The van der Waals surface area contributed by atoms with Crippen molar-refractivity contribution in [2.45, 2.75) is 50.9 Å². The highest BCUT2D eigenvalue weighted by molar-refractivity contribution is 5.88. The summed E-state index contributed by atoms with van der Waals surface area (Å²) in [5.41, 5.74) is 1.89. The van der Waals surface area contributed by atoms with E-state index < -0.39 is 30.2 Å². The van der Waals surface area contributed by atoms with Crippen molar-refractivity contribution in [2.75, 3.05) is 6.54 Å². The third-order valence-corrected chi connectivity index (χ3v) is 7.17. The number of hydrogen-bond donors (Lipinski definition) is 6. The van der Waals surface area contributed by atoms with Crippen molar-refractivity contribution in [1.82, 2.24) is 21.3 Å². The van der Waals surface area contributed by atoms with Crippen LogP contribution in [-0.4, -0.2) is 46.9 Å². The fourth-order valence-corrected chi connectivity index (χ4v) is 5.04. The number of benzene rings is 4. The van der Waals surface area contributed by atoms with Gasteiger partial charge in [0.25, 0.3) is 0 Å². The monoisotopic (exact) mass is 556 g/mol. The zero-order valence-corrected chi connectivity index (χ0v) is 23.1. The predicted octanol–water partition coefficient (Wildman–Crippen LogP) is 5.01. The van der Waals surface area contributed by atoms with Crippen LogP contribution in [-0.2, 0) is 4.79 Å². The van der Waals surface area contributed by atoms with Gasteiger partial charge in [-0.1, -0.05) is 84.9 Å². The lowest BCUT2D eigenvalue weighted by molar-refractivity contribution is -0.142. The zero-order valence-electron chi connectivity index (χ0n) is 23.1. The van der Waals surface area contributed by atoms with Gasteiger partial charge in [-0.25, -0.2) is 14.4 Å². The number of amides is 4. The smallest absolute Gasteiger partial charge is 0.328 e. The third kappa shape index (κ3) is 7.52. The molecule has 214 valence electrons. The number of carbonyl (C=O) groups is 3. The molecule has 0 aliphatic heterocycles. The number of aliphatic carboxylic acids is 1. The van der Waals surface area contributed by atoms with E-state index in [4.69, 9.17) is 0 Å². The van der Waals surface area contributed by atoms with Crippen molar-refractivity contribution in [1.29, 1.82) is 0 Å². The molecule has 0 aromatic heterocycles. The van der Waals surface area contributed by atoms with Crippen molar-refractivity contribution in [2.24, 2.45) is 0 Å². The van der Waals surface area contributed by atoms with E-state index in [1.807, 2.05) is 98.8 Å². The van der Waals surface area contributed by atoms with Gasteiger partial charge < -0.3 is 31.5 Å². The Labute approximate surface area is 239 Å². The molecule has 0 aliphatic rings. The van der Waals surface area contributed by atoms with Crippen LogP contribution in [0.15, 0.2) is 84.9 Å². The minimum atomic E-state index is -1.50. The van der Waals surface area contributed by atoms with Gasteiger partial charge in [0.15, 0.2) is 6.04 Å². The van der Waals surface area contributed by atoms with E-state index in [2.05, 4.69) is 21.3 Å². The summed E-state index contributed by atoms with van der Waals surface area (Å²) in [6, 6.07) is 24.3. The minimum Gasteiger partial charge on any atom is -0.480 e. The maximum Gasteiger partial charge on any atom is 0.328 e. The SMILES string of the molecule is C[C@@H](NC(=O)NCCC[C@@H](O)[C@H](NC(=O)N[C@H](C)c1cccc2ccccc12)C(=O)O)c1cccc2ccccc12. The first-order chi connectivity index (χ1) is 19.7. The van der Waals surface area contributed by atoms with E-state index in [-0.39, 0.29) is 25.0 Å². The number of aliphatic hydroxyl groups excluding tert-OH is 1. The predicted molar refractivity (Wildman–Crippen MR) is 160 cm³/mol. The number of nitrogens with one attached hydrogen (secondary N) is 4. The normalized spacial score (nSPS) is 14.0. The third-order valence-electron chi connectivity index (χ3n) is 7.17. The van der Waals surface area contributed by atoms with Crippen molar-refractivity contribution in [3.05, 3.63) is 96.1 Å². The van der Waals surface area contributed by atoms with Crippen LogP contribution in [0.25, 0.3) is 21.5 Å². The van der Waals surface area contributed by atoms with Gasteiger partial charge in [0.2, 0.25) is 0 Å². The Morgan fingerprint density at radius 2 is 1.17 bits per heavy atom. The summed E-state index contributed by atoms with van der Waals surface area (Å²) in [5.74, 6) is -1.35. The first-order valence-electron chi connectivity index (χ1n) is 13.7. The summed E-state index contributed by atoms with van der Waals surface area (Å²) in [7, 11) is 0. The van der Waals surface area contributed by atoms with Gasteiger partial charge in [0.05, 0.1) is 18.2 Å². The van der Waals surface area contributed by atoms with Crippen LogP contribution < -0.4 is 21.3 Å².